The highest BCUT2D eigenvalue weighted by Crippen LogP contribution is 2.29. The molecule has 7 heteroatoms. The molecule has 3 heterocycles. The van der Waals surface area contributed by atoms with Crippen LogP contribution in [0.4, 0.5) is 5.69 Å². The largest absolute Gasteiger partial charge is 0.472 e. The van der Waals surface area contributed by atoms with Crippen molar-refractivity contribution in [2.45, 2.75) is 0 Å². The molecule has 0 atom stereocenters. The summed E-state index contributed by atoms with van der Waals surface area (Å²) in [5.74, 6) is -0.185. The van der Waals surface area contributed by atoms with E-state index in [9.17, 15) is 4.79 Å². The van der Waals surface area contributed by atoms with Gasteiger partial charge in [-0.1, -0.05) is 0 Å². The summed E-state index contributed by atoms with van der Waals surface area (Å²) in [5, 5.41) is 11.2. The first-order chi connectivity index (χ1) is 13.2. The fourth-order valence-corrected chi connectivity index (χ4v) is 3.19. The van der Waals surface area contributed by atoms with E-state index in [1.54, 1.807) is 31.0 Å². The second-order valence-electron chi connectivity index (χ2n) is 6.36. The number of furan rings is 1. The topological polar surface area (TPSA) is 88.7 Å². The van der Waals surface area contributed by atoms with Gasteiger partial charge >= 0.3 is 0 Å². The van der Waals surface area contributed by atoms with E-state index in [4.69, 9.17) is 4.42 Å². The van der Waals surface area contributed by atoms with Gasteiger partial charge in [0.15, 0.2) is 0 Å². The Balaban J connectivity index is 1.48. The molecule has 0 aliphatic rings. The van der Waals surface area contributed by atoms with E-state index >= 15 is 0 Å². The molecule has 27 heavy (non-hydrogen) atoms. The third-order valence-corrected chi connectivity index (χ3v) is 4.60. The van der Waals surface area contributed by atoms with E-state index in [1.807, 2.05) is 41.9 Å². The number of nitrogens with one attached hydrogen (secondary N) is 2. The third kappa shape index (κ3) is 2.56. The van der Waals surface area contributed by atoms with Gasteiger partial charge in [0.2, 0.25) is 0 Å². The predicted molar refractivity (Wildman–Crippen MR) is 102 cm³/mol. The summed E-state index contributed by atoms with van der Waals surface area (Å²) in [6, 6.07) is 13.0. The van der Waals surface area contributed by atoms with Crippen LogP contribution in [0.2, 0.25) is 0 Å². The van der Waals surface area contributed by atoms with Gasteiger partial charge in [-0.3, -0.25) is 9.89 Å². The molecular weight excluding hydrogens is 342 g/mol. The molecule has 5 aromatic rings. The minimum atomic E-state index is -0.185. The van der Waals surface area contributed by atoms with Gasteiger partial charge in [-0.15, -0.1) is 0 Å². The van der Waals surface area contributed by atoms with Crippen LogP contribution in [-0.2, 0) is 7.05 Å². The van der Waals surface area contributed by atoms with Crippen LogP contribution in [0.3, 0.4) is 0 Å². The molecule has 0 spiro atoms. The lowest BCUT2D eigenvalue weighted by molar-refractivity contribution is 0.102. The molecule has 0 bridgehead atoms. The van der Waals surface area contributed by atoms with Crippen LogP contribution in [0.1, 0.15) is 10.4 Å². The third-order valence-electron chi connectivity index (χ3n) is 4.60. The number of hydrogen-bond donors (Lipinski definition) is 2. The molecule has 2 aromatic carbocycles. The Bertz CT molecular complexity index is 1280. The number of hydrogen-bond acceptors (Lipinski definition) is 4. The number of benzene rings is 2. The second-order valence-corrected chi connectivity index (χ2v) is 6.36. The lowest BCUT2D eigenvalue weighted by Crippen LogP contribution is -2.11. The Kier molecular flexibility index (Phi) is 3.33. The lowest BCUT2D eigenvalue weighted by atomic mass is 10.1. The molecule has 0 fully saturated rings. The van der Waals surface area contributed by atoms with Crippen LogP contribution in [0.5, 0.6) is 0 Å². The predicted octanol–water partition coefficient (Wildman–Crippen LogP) is 3.96. The summed E-state index contributed by atoms with van der Waals surface area (Å²) < 4.78 is 7.06. The van der Waals surface area contributed by atoms with Crippen molar-refractivity contribution in [2.24, 2.45) is 7.05 Å². The van der Waals surface area contributed by atoms with Crippen LogP contribution < -0.4 is 5.32 Å². The van der Waals surface area contributed by atoms with E-state index < -0.39 is 0 Å². The van der Waals surface area contributed by atoms with Crippen molar-refractivity contribution < 1.29 is 9.21 Å². The smallest absolute Gasteiger partial charge is 0.255 e. The average Bonchev–Trinajstić information content (AvgIpc) is 3.41. The zero-order chi connectivity index (χ0) is 18.4. The van der Waals surface area contributed by atoms with Crippen molar-refractivity contribution in [3.05, 3.63) is 66.9 Å². The van der Waals surface area contributed by atoms with Crippen molar-refractivity contribution in [1.29, 1.82) is 0 Å². The summed E-state index contributed by atoms with van der Waals surface area (Å²) in [7, 11) is 1.92. The SMILES string of the molecule is Cn1cnc2cc(C(=O)Nc3ccc4[nH]nc(-c5ccoc5)c4c3)ccc21. The number of amides is 1. The van der Waals surface area contributed by atoms with Crippen molar-refractivity contribution >= 4 is 33.5 Å². The van der Waals surface area contributed by atoms with Gasteiger partial charge < -0.3 is 14.3 Å². The first-order valence-corrected chi connectivity index (χ1v) is 8.42. The maximum atomic E-state index is 12.7. The van der Waals surface area contributed by atoms with Gasteiger partial charge in [-0.2, -0.15) is 5.10 Å². The Morgan fingerprint density at radius 3 is 2.96 bits per heavy atom. The van der Waals surface area contributed by atoms with Crippen LogP contribution in [-0.4, -0.2) is 25.7 Å². The Morgan fingerprint density at radius 2 is 2.11 bits per heavy atom. The summed E-state index contributed by atoms with van der Waals surface area (Å²) in [6.07, 6.45) is 4.98. The summed E-state index contributed by atoms with van der Waals surface area (Å²) >= 11 is 0. The number of aryl methyl sites for hydroxylation is 1. The first kappa shape index (κ1) is 15.4. The highest BCUT2D eigenvalue weighted by atomic mass is 16.3. The quantitative estimate of drug-likeness (QED) is 0.511. The fraction of sp³-hybridized carbons (Fsp3) is 0.0500. The molecule has 7 nitrogen and oxygen atoms in total. The number of nitrogens with zero attached hydrogens (tertiary/aromatic N) is 3. The van der Waals surface area contributed by atoms with Crippen LogP contribution in [0.15, 0.2) is 65.7 Å². The number of fused-ring (bicyclic) bond motifs is 2. The number of rotatable bonds is 3. The number of aromatic amines is 1. The monoisotopic (exact) mass is 357 g/mol. The van der Waals surface area contributed by atoms with Crippen molar-refractivity contribution in [3.8, 4) is 11.3 Å². The molecule has 132 valence electrons. The van der Waals surface area contributed by atoms with Gasteiger partial charge in [0.25, 0.3) is 5.91 Å². The average molecular weight is 357 g/mol. The molecule has 5 rings (SSSR count). The maximum absolute atomic E-state index is 12.7. The second kappa shape index (κ2) is 5.84. The Morgan fingerprint density at radius 1 is 1.19 bits per heavy atom. The van der Waals surface area contributed by atoms with Crippen LogP contribution in [0, 0.1) is 0 Å². The van der Waals surface area contributed by atoms with Crippen molar-refractivity contribution in [3.63, 3.8) is 0 Å². The summed E-state index contributed by atoms with van der Waals surface area (Å²) in [4.78, 5) is 17.0. The lowest BCUT2D eigenvalue weighted by Gasteiger charge is -2.06. The van der Waals surface area contributed by atoms with Gasteiger partial charge in [0.05, 0.1) is 35.4 Å². The Labute approximate surface area is 153 Å². The summed E-state index contributed by atoms with van der Waals surface area (Å²) in [6.45, 7) is 0. The number of imidazole rings is 1. The van der Waals surface area contributed by atoms with E-state index in [0.717, 1.165) is 33.2 Å². The standard InChI is InChI=1S/C20H15N5O2/c1-25-11-21-17-8-12(2-5-18(17)25)20(26)22-14-3-4-16-15(9-14)19(24-23-16)13-6-7-27-10-13/h2-11H,1H3,(H,22,26)(H,23,24). The van der Waals surface area contributed by atoms with Gasteiger partial charge in [-0.05, 0) is 42.5 Å². The molecule has 3 aromatic heterocycles. The van der Waals surface area contributed by atoms with E-state index in [0.29, 0.717) is 11.3 Å². The molecule has 0 unspecified atom stereocenters. The summed E-state index contributed by atoms with van der Waals surface area (Å²) in [5.41, 5.74) is 5.58. The van der Waals surface area contributed by atoms with Gasteiger partial charge in [0.1, 0.15) is 5.69 Å². The number of H-pyrrole nitrogens is 1. The molecule has 0 aliphatic heterocycles. The van der Waals surface area contributed by atoms with Gasteiger partial charge in [-0.25, -0.2) is 4.98 Å². The van der Waals surface area contributed by atoms with Crippen molar-refractivity contribution in [2.75, 3.05) is 5.32 Å². The maximum Gasteiger partial charge on any atom is 0.255 e. The van der Waals surface area contributed by atoms with Crippen LogP contribution >= 0.6 is 0 Å². The number of aromatic nitrogens is 4. The number of carbonyl (C=O) groups excluding carboxylic acids is 1. The molecule has 0 radical (unpaired) electrons. The van der Waals surface area contributed by atoms with Gasteiger partial charge in [0, 0.05) is 29.2 Å². The van der Waals surface area contributed by atoms with E-state index in [2.05, 4.69) is 20.5 Å². The van der Waals surface area contributed by atoms with Crippen LogP contribution in [0.25, 0.3) is 33.2 Å². The Hall–Kier alpha value is -3.87. The molecule has 0 saturated carbocycles. The zero-order valence-electron chi connectivity index (χ0n) is 14.4. The molecule has 0 saturated heterocycles. The first-order valence-electron chi connectivity index (χ1n) is 8.42. The van der Waals surface area contributed by atoms with E-state index in [1.165, 1.54) is 0 Å². The molecule has 1 amide bonds. The molecular formula is C20H15N5O2. The normalized spacial score (nSPS) is 11.3. The highest BCUT2D eigenvalue weighted by molar-refractivity contribution is 6.07. The molecule has 0 aliphatic carbocycles. The van der Waals surface area contributed by atoms with Crippen molar-refractivity contribution in [1.82, 2.24) is 19.7 Å². The minimum Gasteiger partial charge on any atom is -0.472 e. The fourth-order valence-electron chi connectivity index (χ4n) is 3.19. The highest BCUT2D eigenvalue weighted by Gasteiger charge is 2.12. The zero-order valence-corrected chi connectivity index (χ0v) is 14.4. The number of anilines is 1. The number of carbonyl (C=O) groups is 1. The van der Waals surface area contributed by atoms with E-state index in [-0.39, 0.29) is 5.91 Å². The minimum absolute atomic E-state index is 0.185. The molecule has 2 N–H and O–H groups in total.